The van der Waals surface area contributed by atoms with Gasteiger partial charge in [0.15, 0.2) is 0 Å². The molecule has 2 saturated heterocycles. The molecule has 2 amide bonds. The van der Waals surface area contributed by atoms with Crippen LogP contribution in [-0.2, 0) is 19.4 Å². The lowest BCUT2D eigenvalue weighted by molar-refractivity contribution is 0.0908. The number of thiazole rings is 1. The Morgan fingerprint density at radius 1 is 1.23 bits per heavy atom. The lowest BCUT2D eigenvalue weighted by atomic mass is 10.0. The summed E-state index contributed by atoms with van der Waals surface area (Å²) >= 11 is 1.91. The number of fused-ring (bicyclic) bond motifs is 1. The predicted molar refractivity (Wildman–Crippen MR) is 101 cm³/mol. The zero-order valence-corrected chi connectivity index (χ0v) is 15.9. The summed E-state index contributed by atoms with van der Waals surface area (Å²) in [7, 11) is 1.84. The first-order valence-electron chi connectivity index (χ1n) is 9.44. The van der Waals surface area contributed by atoms with E-state index in [2.05, 4.69) is 10.00 Å². The van der Waals surface area contributed by atoms with Crippen molar-refractivity contribution in [3.8, 4) is 0 Å². The summed E-state index contributed by atoms with van der Waals surface area (Å²) in [4.78, 5) is 24.5. The third kappa shape index (κ3) is 2.81. The Bertz CT molecular complexity index is 800. The van der Waals surface area contributed by atoms with E-state index in [4.69, 9.17) is 4.98 Å². The van der Waals surface area contributed by atoms with Crippen LogP contribution < -0.4 is 4.90 Å². The molecule has 8 heteroatoms. The summed E-state index contributed by atoms with van der Waals surface area (Å²) in [6.07, 6.45) is 8.82. The van der Waals surface area contributed by atoms with E-state index in [0.717, 1.165) is 44.8 Å². The molecule has 7 nitrogen and oxygen atoms in total. The molecule has 2 aromatic heterocycles. The summed E-state index contributed by atoms with van der Waals surface area (Å²) in [6.45, 7) is 4.47. The third-order valence-corrected chi connectivity index (χ3v) is 6.82. The van der Waals surface area contributed by atoms with Crippen molar-refractivity contribution in [2.24, 2.45) is 0 Å². The molecule has 26 heavy (non-hydrogen) atoms. The van der Waals surface area contributed by atoms with Crippen molar-refractivity contribution in [1.82, 2.24) is 24.6 Å². The van der Waals surface area contributed by atoms with E-state index >= 15 is 0 Å². The van der Waals surface area contributed by atoms with Gasteiger partial charge in [0.1, 0.15) is 5.01 Å². The normalized spacial score (nSPS) is 21.3. The Morgan fingerprint density at radius 3 is 2.85 bits per heavy atom. The van der Waals surface area contributed by atoms with Crippen LogP contribution in [0.4, 0.5) is 10.5 Å². The van der Waals surface area contributed by atoms with Crippen molar-refractivity contribution in [2.75, 3.05) is 38.1 Å². The van der Waals surface area contributed by atoms with Crippen molar-refractivity contribution in [3.05, 3.63) is 28.0 Å². The molecule has 0 N–H and O–H groups in total. The molecule has 0 bridgehead atoms. The molecule has 0 saturated carbocycles. The van der Waals surface area contributed by atoms with E-state index < -0.39 is 0 Å². The Balaban J connectivity index is 1.18. The fraction of sp³-hybridized carbons (Fsp3) is 0.611. The Labute approximate surface area is 157 Å². The molecule has 4 heterocycles. The fourth-order valence-corrected chi connectivity index (χ4v) is 5.26. The number of urea groups is 1. The first-order valence-corrected chi connectivity index (χ1v) is 10.3. The molecule has 5 rings (SSSR count). The van der Waals surface area contributed by atoms with Crippen molar-refractivity contribution >= 4 is 23.1 Å². The summed E-state index contributed by atoms with van der Waals surface area (Å²) in [6, 6.07) is 0.460. The molecule has 2 fully saturated rings. The number of aromatic nitrogens is 3. The van der Waals surface area contributed by atoms with Crippen LogP contribution in [0.3, 0.4) is 0 Å². The molecule has 0 radical (unpaired) electrons. The van der Waals surface area contributed by atoms with E-state index in [1.54, 1.807) is 9.80 Å². The Kier molecular flexibility index (Phi) is 3.97. The lowest BCUT2D eigenvalue weighted by Crippen LogP contribution is -2.47. The van der Waals surface area contributed by atoms with E-state index in [1.165, 1.54) is 34.8 Å². The molecule has 138 valence electrons. The van der Waals surface area contributed by atoms with Gasteiger partial charge < -0.3 is 4.90 Å². The standard InChI is InChI=1S/C18H24N6OS/c1-21-6-7-23(18(21)25)13-8-19-24(11-13)14-9-22(10-14)12-17-20-15-4-2-3-5-16(15)26-17/h8,11,14H,2-7,9-10,12H2,1H3. The van der Waals surface area contributed by atoms with Gasteiger partial charge in [-0.25, -0.2) is 9.78 Å². The molecule has 3 aliphatic rings. The summed E-state index contributed by atoms with van der Waals surface area (Å²) in [5, 5.41) is 5.77. The monoisotopic (exact) mass is 372 g/mol. The van der Waals surface area contributed by atoms with Crippen LogP contribution in [0.25, 0.3) is 0 Å². The number of nitrogens with zero attached hydrogens (tertiary/aromatic N) is 6. The fourth-order valence-electron chi connectivity index (χ4n) is 4.06. The number of rotatable bonds is 4. The number of carbonyl (C=O) groups is 1. The van der Waals surface area contributed by atoms with E-state index in [-0.39, 0.29) is 6.03 Å². The molecule has 0 unspecified atom stereocenters. The van der Waals surface area contributed by atoms with Crippen LogP contribution in [0.1, 0.15) is 34.5 Å². The Hall–Kier alpha value is -1.93. The second-order valence-electron chi connectivity index (χ2n) is 7.57. The van der Waals surface area contributed by atoms with E-state index in [9.17, 15) is 4.79 Å². The number of likely N-dealkylation sites (N-methyl/N-ethyl adjacent to an activating group) is 1. The van der Waals surface area contributed by atoms with Crippen LogP contribution in [0.15, 0.2) is 12.4 Å². The quantitative estimate of drug-likeness (QED) is 0.825. The molecule has 0 spiro atoms. The van der Waals surface area contributed by atoms with Crippen LogP contribution in [0.5, 0.6) is 0 Å². The predicted octanol–water partition coefficient (Wildman–Crippen LogP) is 2.15. The average molecular weight is 372 g/mol. The third-order valence-electron chi connectivity index (χ3n) is 5.68. The second kappa shape index (κ2) is 6.35. The van der Waals surface area contributed by atoms with Gasteiger partial charge in [0.05, 0.1) is 30.2 Å². The molecule has 0 atom stereocenters. The smallest absolute Gasteiger partial charge is 0.324 e. The van der Waals surface area contributed by atoms with Gasteiger partial charge in [-0.3, -0.25) is 14.5 Å². The van der Waals surface area contributed by atoms with Crippen molar-refractivity contribution < 1.29 is 4.79 Å². The highest BCUT2D eigenvalue weighted by molar-refractivity contribution is 7.11. The van der Waals surface area contributed by atoms with E-state index in [1.807, 2.05) is 35.5 Å². The first kappa shape index (κ1) is 16.3. The maximum Gasteiger partial charge on any atom is 0.324 e. The zero-order valence-electron chi connectivity index (χ0n) is 15.1. The van der Waals surface area contributed by atoms with Crippen molar-refractivity contribution in [3.63, 3.8) is 0 Å². The minimum atomic E-state index is 0.0625. The Morgan fingerprint density at radius 2 is 2.08 bits per heavy atom. The molecular weight excluding hydrogens is 348 g/mol. The maximum absolute atomic E-state index is 12.1. The summed E-state index contributed by atoms with van der Waals surface area (Å²) in [5.41, 5.74) is 2.26. The second-order valence-corrected chi connectivity index (χ2v) is 8.73. The molecule has 1 aliphatic carbocycles. The SMILES string of the molecule is CN1CCN(c2cnn(C3CN(Cc4nc5c(s4)CCCC5)C3)c2)C1=O. The van der Waals surface area contributed by atoms with Crippen LogP contribution in [0.2, 0.25) is 0 Å². The lowest BCUT2D eigenvalue weighted by Gasteiger charge is -2.38. The number of likely N-dealkylation sites (tertiary alicyclic amines) is 1. The van der Waals surface area contributed by atoms with Crippen molar-refractivity contribution in [2.45, 2.75) is 38.3 Å². The van der Waals surface area contributed by atoms with Gasteiger partial charge in [-0.15, -0.1) is 11.3 Å². The number of amides is 2. The number of carbonyl (C=O) groups excluding carboxylic acids is 1. The zero-order chi connectivity index (χ0) is 17.7. The van der Waals surface area contributed by atoms with Gasteiger partial charge in [0.25, 0.3) is 0 Å². The highest BCUT2D eigenvalue weighted by Gasteiger charge is 2.32. The number of anilines is 1. The van der Waals surface area contributed by atoms with Gasteiger partial charge in [0.2, 0.25) is 0 Å². The van der Waals surface area contributed by atoms with Crippen molar-refractivity contribution in [1.29, 1.82) is 0 Å². The van der Waals surface area contributed by atoms with Crippen LogP contribution >= 0.6 is 11.3 Å². The van der Waals surface area contributed by atoms with Gasteiger partial charge in [-0.2, -0.15) is 5.10 Å². The number of hydrogen-bond donors (Lipinski definition) is 0. The molecule has 2 aromatic rings. The molecule has 0 aromatic carbocycles. The first-order chi connectivity index (χ1) is 12.7. The van der Waals surface area contributed by atoms with Gasteiger partial charge in [0, 0.05) is 44.3 Å². The molecule has 2 aliphatic heterocycles. The maximum atomic E-state index is 12.1. The van der Waals surface area contributed by atoms with Gasteiger partial charge >= 0.3 is 6.03 Å². The summed E-state index contributed by atoms with van der Waals surface area (Å²) in [5.74, 6) is 0. The topological polar surface area (TPSA) is 57.5 Å². The van der Waals surface area contributed by atoms with E-state index in [0.29, 0.717) is 6.04 Å². The van der Waals surface area contributed by atoms with Gasteiger partial charge in [-0.05, 0) is 25.7 Å². The average Bonchev–Trinajstić information content (AvgIpc) is 3.30. The summed E-state index contributed by atoms with van der Waals surface area (Å²) < 4.78 is 2.02. The van der Waals surface area contributed by atoms with Crippen LogP contribution in [-0.4, -0.2) is 63.8 Å². The number of hydrogen-bond acceptors (Lipinski definition) is 5. The highest BCUT2D eigenvalue weighted by Crippen LogP contribution is 2.30. The largest absolute Gasteiger partial charge is 0.326 e. The van der Waals surface area contributed by atoms with Gasteiger partial charge in [-0.1, -0.05) is 0 Å². The molecular formula is C18H24N6OS. The highest BCUT2D eigenvalue weighted by atomic mass is 32.1. The minimum Gasteiger partial charge on any atom is -0.326 e. The number of aryl methyl sites for hydroxylation is 2. The minimum absolute atomic E-state index is 0.0625. The van der Waals surface area contributed by atoms with Crippen LogP contribution in [0, 0.1) is 0 Å².